The van der Waals surface area contributed by atoms with Gasteiger partial charge in [0.15, 0.2) is 11.5 Å². The van der Waals surface area contributed by atoms with E-state index in [1.807, 2.05) is 0 Å². The quantitative estimate of drug-likeness (QED) is 0.286. The van der Waals surface area contributed by atoms with Crippen LogP contribution in [0.2, 0.25) is 0 Å². The number of hydrogen-bond acceptors (Lipinski definition) is 8. The summed E-state index contributed by atoms with van der Waals surface area (Å²) in [6.45, 7) is 0.416. The van der Waals surface area contributed by atoms with Gasteiger partial charge in [0.1, 0.15) is 12.2 Å². The number of nitrogens with two attached hydrogens (primary N) is 2. The molecule has 0 bridgehead atoms. The third-order valence-electron chi connectivity index (χ3n) is 2.09. The molecule has 0 fully saturated rings. The molecule has 0 aliphatic rings. The maximum absolute atomic E-state index is 8.61. The van der Waals surface area contributed by atoms with Crippen molar-refractivity contribution in [2.75, 3.05) is 24.4 Å². The van der Waals surface area contributed by atoms with Crippen molar-refractivity contribution in [3.8, 4) is 0 Å². The van der Waals surface area contributed by atoms with Crippen molar-refractivity contribution in [2.45, 2.75) is 6.73 Å². The predicted molar refractivity (Wildman–Crippen MR) is 60.6 cm³/mol. The van der Waals surface area contributed by atoms with Crippen molar-refractivity contribution in [3.05, 3.63) is 6.33 Å². The lowest BCUT2D eigenvalue weighted by molar-refractivity contribution is 0.0499. The van der Waals surface area contributed by atoms with Crippen LogP contribution in [0.25, 0.3) is 11.2 Å². The lowest BCUT2D eigenvalue weighted by Crippen LogP contribution is -2.13. The Balaban J connectivity index is 2.33. The van der Waals surface area contributed by atoms with Crippen molar-refractivity contribution < 1.29 is 9.84 Å². The highest BCUT2D eigenvalue weighted by Gasteiger charge is 2.10. The van der Waals surface area contributed by atoms with E-state index in [0.717, 1.165) is 0 Å². The summed E-state index contributed by atoms with van der Waals surface area (Å²) in [5.74, 6) is 5.67. The van der Waals surface area contributed by atoms with Gasteiger partial charge in [-0.3, -0.25) is 9.99 Å². The number of aliphatic hydroxyl groups excluding tert-OH is 1. The van der Waals surface area contributed by atoms with Gasteiger partial charge in [0.05, 0.1) is 19.5 Å². The number of ether oxygens (including phenoxy) is 1. The van der Waals surface area contributed by atoms with Crippen molar-refractivity contribution in [3.63, 3.8) is 0 Å². The molecule has 17 heavy (non-hydrogen) atoms. The van der Waals surface area contributed by atoms with Gasteiger partial charge >= 0.3 is 0 Å². The minimum Gasteiger partial charge on any atom is -0.394 e. The fourth-order valence-corrected chi connectivity index (χ4v) is 1.35. The Morgan fingerprint density at radius 2 is 2.29 bits per heavy atom. The van der Waals surface area contributed by atoms with Crippen LogP contribution >= 0.6 is 0 Å². The number of hydrogen-bond donors (Lipinski definition) is 4. The van der Waals surface area contributed by atoms with Crippen molar-refractivity contribution >= 4 is 22.9 Å². The van der Waals surface area contributed by atoms with Gasteiger partial charge in [-0.15, -0.1) is 0 Å². The minimum absolute atomic E-state index is 0.0423. The summed E-state index contributed by atoms with van der Waals surface area (Å²) in [6.07, 6.45) is 1.54. The average molecular weight is 239 g/mol. The fraction of sp³-hybridized carbons (Fsp3) is 0.375. The highest BCUT2D eigenvalue weighted by Crippen LogP contribution is 2.17. The molecular weight excluding hydrogens is 226 g/mol. The number of anilines is 2. The third kappa shape index (κ3) is 2.25. The van der Waals surface area contributed by atoms with Crippen molar-refractivity contribution in [2.24, 2.45) is 5.84 Å². The minimum atomic E-state index is -0.0423. The van der Waals surface area contributed by atoms with Gasteiger partial charge in [-0.2, -0.15) is 9.97 Å². The smallest absolute Gasteiger partial charge is 0.241 e. The molecule has 0 aliphatic carbocycles. The van der Waals surface area contributed by atoms with E-state index < -0.39 is 0 Å². The molecule has 0 spiro atoms. The molecule has 2 heterocycles. The highest BCUT2D eigenvalue weighted by atomic mass is 16.5. The third-order valence-corrected chi connectivity index (χ3v) is 2.09. The molecular formula is C8H13N7O2. The zero-order valence-electron chi connectivity index (χ0n) is 9.00. The second kappa shape index (κ2) is 4.91. The number of nitrogen functional groups attached to an aromatic ring is 2. The second-order valence-corrected chi connectivity index (χ2v) is 3.22. The monoisotopic (exact) mass is 239 g/mol. The van der Waals surface area contributed by atoms with Gasteiger partial charge in [-0.25, -0.2) is 10.8 Å². The molecule has 2 aromatic heterocycles. The Labute approximate surface area is 96.4 Å². The summed E-state index contributed by atoms with van der Waals surface area (Å²) in [4.78, 5) is 12.1. The molecule has 0 unspecified atom stereocenters. The van der Waals surface area contributed by atoms with E-state index in [2.05, 4.69) is 20.4 Å². The molecule has 0 aliphatic heterocycles. The fourth-order valence-electron chi connectivity index (χ4n) is 1.35. The summed E-state index contributed by atoms with van der Waals surface area (Å²) in [5, 5.41) is 8.61. The van der Waals surface area contributed by atoms with Crippen LogP contribution < -0.4 is 17.0 Å². The topological polar surface area (TPSA) is 137 Å². The summed E-state index contributed by atoms with van der Waals surface area (Å²) >= 11 is 0. The van der Waals surface area contributed by atoms with Crippen molar-refractivity contribution in [1.29, 1.82) is 0 Å². The zero-order chi connectivity index (χ0) is 12.3. The van der Waals surface area contributed by atoms with E-state index in [1.54, 1.807) is 4.57 Å². The maximum atomic E-state index is 8.61. The molecule has 0 saturated carbocycles. The summed E-state index contributed by atoms with van der Waals surface area (Å²) in [6, 6.07) is 0. The van der Waals surface area contributed by atoms with Gasteiger partial charge in [-0.1, -0.05) is 0 Å². The number of hydrazine groups is 1. The molecule has 0 amide bonds. The Morgan fingerprint density at radius 1 is 1.47 bits per heavy atom. The standard InChI is InChI=1S/C8H13N7O2/c9-6-5-7(13-8(12-6)14-10)15(3-11-5)4-17-2-1-16/h3,16H,1-2,4,10H2,(H3,9,12,13,14). The van der Waals surface area contributed by atoms with Crippen LogP contribution in [0.5, 0.6) is 0 Å². The summed E-state index contributed by atoms with van der Waals surface area (Å²) in [5.41, 5.74) is 9.02. The Kier molecular flexibility index (Phi) is 3.32. The summed E-state index contributed by atoms with van der Waals surface area (Å²) in [7, 11) is 0. The molecule has 2 aromatic rings. The molecule has 0 atom stereocenters. The van der Waals surface area contributed by atoms with Crippen LogP contribution in [0, 0.1) is 0 Å². The predicted octanol–water partition coefficient (Wildman–Crippen LogP) is -1.34. The van der Waals surface area contributed by atoms with Gasteiger partial charge in [0, 0.05) is 0 Å². The number of fused-ring (bicyclic) bond motifs is 1. The van der Waals surface area contributed by atoms with E-state index in [4.69, 9.17) is 21.4 Å². The van der Waals surface area contributed by atoms with Crippen LogP contribution in [-0.4, -0.2) is 37.8 Å². The van der Waals surface area contributed by atoms with Crippen LogP contribution in [0.3, 0.4) is 0 Å². The van der Waals surface area contributed by atoms with Gasteiger partial charge in [0.2, 0.25) is 5.95 Å². The lowest BCUT2D eigenvalue weighted by atomic mass is 10.5. The van der Waals surface area contributed by atoms with Crippen LogP contribution in [0.15, 0.2) is 6.33 Å². The first-order valence-corrected chi connectivity index (χ1v) is 4.90. The number of aliphatic hydroxyl groups is 1. The number of rotatable bonds is 5. The molecule has 0 saturated heterocycles. The van der Waals surface area contributed by atoms with E-state index in [-0.39, 0.29) is 31.7 Å². The highest BCUT2D eigenvalue weighted by molar-refractivity contribution is 5.82. The lowest BCUT2D eigenvalue weighted by Gasteiger charge is -2.05. The zero-order valence-corrected chi connectivity index (χ0v) is 9.00. The molecule has 0 radical (unpaired) electrons. The van der Waals surface area contributed by atoms with E-state index >= 15 is 0 Å². The second-order valence-electron chi connectivity index (χ2n) is 3.22. The first kappa shape index (κ1) is 11.5. The SMILES string of the molecule is NNc1nc(N)c2ncn(COCCO)c2n1. The van der Waals surface area contributed by atoms with Gasteiger partial charge < -0.3 is 15.6 Å². The van der Waals surface area contributed by atoms with Crippen LogP contribution in [0.4, 0.5) is 11.8 Å². The van der Waals surface area contributed by atoms with E-state index in [0.29, 0.717) is 11.2 Å². The first-order chi connectivity index (χ1) is 8.26. The molecule has 9 heteroatoms. The molecule has 6 N–H and O–H groups in total. The number of imidazole rings is 1. The maximum Gasteiger partial charge on any atom is 0.241 e. The van der Waals surface area contributed by atoms with Crippen LogP contribution in [0.1, 0.15) is 0 Å². The van der Waals surface area contributed by atoms with E-state index in [9.17, 15) is 0 Å². The summed E-state index contributed by atoms with van der Waals surface area (Å²) < 4.78 is 6.81. The van der Waals surface area contributed by atoms with Crippen molar-refractivity contribution in [1.82, 2.24) is 19.5 Å². The Morgan fingerprint density at radius 3 is 3.00 bits per heavy atom. The van der Waals surface area contributed by atoms with Crippen LogP contribution in [-0.2, 0) is 11.5 Å². The number of aromatic nitrogens is 4. The molecule has 92 valence electrons. The first-order valence-electron chi connectivity index (χ1n) is 4.90. The normalized spacial score (nSPS) is 10.9. The number of nitrogens with one attached hydrogen (secondary N) is 1. The van der Waals surface area contributed by atoms with Gasteiger partial charge in [0.25, 0.3) is 0 Å². The largest absolute Gasteiger partial charge is 0.394 e. The molecule has 9 nitrogen and oxygen atoms in total. The molecule has 0 aromatic carbocycles. The Hall–Kier alpha value is -1.97. The van der Waals surface area contributed by atoms with E-state index in [1.165, 1.54) is 6.33 Å². The Bertz CT molecular complexity index is 512. The average Bonchev–Trinajstić information content (AvgIpc) is 2.73. The number of nitrogens with zero attached hydrogens (tertiary/aromatic N) is 4. The molecule has 2 rings (SSSR count). The van der Waals surface area contributed by atoms with Gasteiger partial charge in [-0.05, 0) is 0 Å².